The van der Waals surface area contributed by atoms with Crippen molar-refractivity contribution in [1.82, 2.24) is 5.32 Å². The fourth-order valence-corrected chi connectivity index (χ4v) is 6.32. The molecule has 0 unspecified atom stereocenters. The lowest BCUT2D eigenvalue weighted by molar-refractivity contribution is -0.249. The zero-order valence-corrected chi connectivity index (χ0v) is 25.3. The summed E-state index contributed by atoms with van der Waals surface area (Å²) in [6.07, 6.45) is -5.65. The van der Waals surface area contributed by atoms with Crippen LogP contribution in [0.1, 0.15) is 68.8 Å². The van der Waals surface area contributed by atoms with Crippen LogP contribution in [0.5, 0.6) is 17.2 Å². The molecule has 2 aromatic carbocycles. The molecule has 14 heteroatoms. The van der Waals surface area contributed by atoms with Crippen LogP contribution in [0.3, 0.4) is 0 Å². The number of carbonyl (C=O) groups is 4. The molecule has 13 nitrogen and oxygen atoms in total. The molecule has 0 saturated carbocycles. The molecular weight excluding hydrogens is 681 g/mol. The molecule has 230 valence electrons. The number of amides is 1. The number of carbonyl (C=O) groups excluding carboxylic acids is 4. The van der Waals surface area contributed by atoms with E-state index < -0.39 is 95.7 Å². The zero-order chi connectivity index (χ0) is 31.4. The number of alkyl halides is 1. The van der Waals surface area contributed by atoms with Gasteiger partial charge in [0.25, 0.3) is 0 Å². The standard InChI is InChI=1S/C29H30INO12/c1-11-24(35)14(31-18(34)9-30)6-19(42-11)43-16-8-29(40,17(33)10-32)7-13-21(16)28(39)23-22(26(13)37)25(36)12-4-3-5-15(41-2)20(12)27(23)38/h3-5,11,14,16,19,24,32,35,37,39-40H,6-10H2,1-2H3,(H,31,34)/t11-,14-,16-,19-,24+,29-/m0/s1. The number of hydrogen-bond donors (Lipinski definition) is 6. The number of aliphatic hydroxyl groups is 3. The Hall–Kier alpha value is -3.15. The van der Waals surface area contributed by atoms with Crippen LogP contribution in [-0.2, 0) is 25.5 Å². The Morgan fingerprint density at radius 1 is 1.14 bits per heavy atom. The summed E-state index contributed by atoms with van der Waals surface area (Å²) in [6, 6.07) is 3.55. The van der Waals surface area contributed by atoms with Crippen molar-refractivity contribution in [3.8, 4) is 17.2 Å². The summed E-state index contributed by atoms with van der Waals surface area (Å²) in [4.78, 5) is 52.1. The third-order valence-electron chi connectivity index (χ3n) is 8.23. The number of methoxy groups -OCH3 is 1. The first-order valence-corrected chi connectivity index (χ1v) is 15.0. The van der Waals surface area contributed by atoms with Crippen LogP contribution in [0.2, 0.25) is 0 Å². The summed E-state index contributed by atoms with van der Waals surface area (Å²) < 4.78 is 17.3. The maximum atomic E-state index is 13.7. The monoisotopic (exact) mass is 711 g/mol. The molecule has 43 heavy (non-hydrogen) atoms. The van der Waals surface area contributed by atoms with Crippen LogP contribution >= 0.6 is 22.6 Å². The van der Waals surface area contributed by atoms with Gasteiger partial charge in [-0.05, 0) is 13.0 Å². The number of ketones is 3. The van der Waals surface area contributed by atoms with Crippen LogP contribution in [0.4, 0.5) is 0 Å². The molecular formula is C29H30INO12. The number of benzene rings is 2. The fraction of sp³-hybridized carbons (Fsp3) is 0.448. The molecule has 2 aliphatic carbocycles. The topological polar surface area (TPSA) is 209 Å². The minimum absolute atomic E-state index is 0.0637. The van der Waals surface area contributed by atoms with E-state index >= 15 is 0 Å². The zero-order valence-electron chi connectivity index (χ0n) is 23.1. The number of fused-ring (bicyclic) bond motifs is 3. The normalized spacial score (nSPS) is 28.0. The molecule has 1 saturated heterocycles. The molecule has 6 N–H and O–H groups in total. The molecule has 1 heterocycles. The highest BCUT2D eigenvalue weighted by atomic mass is 127. The largest absolute Gasteiger partial charge is 0.507 e. The highest BCUT2D eigenvalue weighted by Gasteiger charge is 2.50. The van der Waals surface area contributed by atoms with Gasteiger partial charge in [0.1, 0.15) is 35.6 Å². The van der Waals surface area contributed by atoms with E-state index in [2.05, 4.69) is 5.32 Å². The molecule has 0 spiro atoms. The number of phenols is 2. The van der Waals surface area contributed by atoms with Gasteiger partial charge in [0.15, 0.2) is 17.9 Å². The van der Waals surface area contributed by atoms with Gasteiger partial charge in [0.2, 0.25) is 11.7 Å². The van der Waals surface area contributed by atoms with Crippen molar-refractivity contribution in [1.29, 1.82) is 0 Å². The maximum Gasteiger partial charge on any atom is 0.230 e. The predicted molar refractivity (Wildman–Crippen MR) is 155 cm³/mol. The minimum Gasteiger partial charge on any atom is -0.507 e. The first-order valence-electron chi connectivity index (χ1n) is 13.4. The second kappa shape index (κ2) is 11.7. The molecule has 0 aromatic heterocycles. The molecule has 2 aromatic rings. The molecule has 1 fully saturated rings. The summed E-state index contributed by atoms with van der Waals surface area (Å²) in [5.74, 6) is -4.26. The highest BCUT2D eigenvalue weighted by molar-refractivity contribution is 14.1. The highest BCUT2D eigenvalue weighted by Crippen LogP contribution is 2.52. The molecule has 0 radical (unpaired) electrons. The molecule has 1 amide bonds. The third-order valence-corrected chi connectivity index (χ3v) is 8.92. The first-order chi connectivity index (χ1) is 20.4. The third kappa shape index (κ3) is 5.19. The van der Waals surface area contributed by atoms with E-state index in [-0.39, 0.29) is 44.8 Å². The molecule has 1 aliphatic heterocycles. The Kier molecular flexibility index (Phi) is 8.54. The Morgan fingerprint density at radius 2 is 1.84 bits per heavy atom. The van der Waals surface area contributed by atoms with Gasteiger partial charge >= 0.3 is 0 Å². The number of halogens is 1. The van der Waals surface area contributed by atoms with Crippen LogP contribution in [-0.4, -0.2) is 97.1 Å². The summed E-state index contributed by atoms with van der Waals surface area (Å²) >= 11 is 1.87. The summed E-state index contributed by atoms with van der Waals surface area (Å²) in [5.41, 5.74) is -3.84. The van der Waals surface area contributed by atoms with Gasteiger partial charge in [-0.3, -0.25) is 19.2 Å². The number of Topliss-reactive ketones (excluding diaryl/α,β-unsaturated/α-hetero) is 1. The molecule has 0 bridgehead atoms. The SMILES string of the molecule is COc1cccc2c1C(=O)c1c(O)c3c(c(O)c1C2=O)C[C@@](O)(C(=O)CO)C[C@@H]3O[C@H]1C[C@H](NC(=O)CI)[C@H](O)[C@H](C)O1. The Labute approximate surface area is 258 Å². The van der Waals surface area contributed by atoms with Gasteiger partial charge in [-0.15, -0.1) is 0 Å². The van der Waals surface area contributed by atoms with Crippen molar-refractivity contribution in [2.24, 2.45) is 0 Å². The second-order valence-corrected chi connectivity index (χ2v) is 11.6. The molecule has 3 aliphatic rings. The van der Waals surface area contributed by atoms with Gasteiger partial charge in [-0.1, -0.05) is 34.7 Å². The van der Waals surface area contributed by atoms with E-state index in [0.29, 0.717) is 0 Å². The second-order valence-electron chi connectivity index (χ2n) is 10.8. The van der Waals surface area contributed by atoms with E-state index in [0.717, 1.165) is 0 Å². The average Bonchev–Trinajstić information content (AvgIpc) is 2.98. The van der Waals surface area contributed by atoms with Crippen LogP contribution in [0, 0.1) is 0 Å². The maximum absolute atomic E-state index is 13.7. The lowest BCUT2D eigenvalue weighted by atomic mass is 9.72. The van der Waals surface area contributed by atoms with E-state index in [9.17, 15) is 44.7 Å². The van der Waals surface area contributed by atoms with Crippen LogP contribution in [0.15, 0.2) is 18.2 Å². The van der Waals surface area contributed by atoms with Crippen LogP contribution in [0.25, 0.3) is 0 Å². The Balaban J connectivity index is 1.63. The van der Waals surface area contributed by atoms with Crippen molar-refractivity contribution in [2.45, 2.75) is 62.4 Å². The smallest absolute Gasteiger partial charge is 0.230 e. The number of aromatic hydroxyl groups is 2. The predicted octanol–water partition coefficient (Wildman–Crippen LogP) is 0.594. The lowest BCUT2D eigenvalue weighted by Crippen LogP contribution is -2.56. The van der Waals surface area contributed by atoms with Crippen molar-refractivity contribution in [3.05, 3.63) is 51.6 Å². The molecule has 5 rings (SSSR count). The quantitative estimate of drug-likeness (QED) is 0.113. The van der Waals surface area contributed by atoms with Crippen LogP contribution < -0.4 is 10.1 Å². The lowest BCUT2D eigenvalue weighted by Gasteiger charge is -2.42. The van der Waals surface area contributed by atoms with Gasteiger partial charge in [-0.25, -0.2) is 0 Å². The fourth-order valence-electron chi connectivity index (χ4n) is 6.10. The van der Waals surface area contributed by atoms with E-state index in [1.54, 1.807) is 6.92 Å². The number of phenolic OH excluding ortho intramolecular Hbond substituents is 2. The number of rotatable bonds is 7. The number of hydrogen-bond acceptors (Lipinski definition) is 12. The van der Waals surface area contributed by atoms with Crippen molar-refractivity contribution < 1.29 is 58.9 Å². The van der Waals surface area contributed by atoms with Gasteiger partial charge in [-0.2, -0.15) is 0 Å². The van der Waals surface area contributed by atoms with Gasteiger partial charge in [0.05, 0.1) is 46.5 Å². The molecule has 6 atom stereocenters. The van der Waals surface area contributed by atoms with E-state index in [1.807, 2.05) is 22.6 Å². The Bertz CT molecular complexity index is 1530. The summed E-state index contributed by atoms with van der Waals surface area (Å²) in [7, 11) is 1.31. The number of nitrogens with one attached hydrogen (secondary N) is 1. The van der Waals surface area contributed by atoms with E-state index in [4.69, 9.17) is 14.2 Å². The van der Waals surface area contributed by atoms with E-state index in [1.165, 1.54) is 25.3 Å². The minimum atomic E-state index is -2.29. The van der Waals surface area contributed by atoms with Crippen molar-refractivity contribution >= 4 is 45.8 Å². The van der Waals surface area contributed by atoms with Crippen molar-refractivity contribution in [3.63, 3.8) is 0 Å². The van der Waals surface area contributed by atoms with Crippen molar-refractivity contribution in [2.75, 3.05) is 18.1 Å². The number of ether oxygens (including phenoxy) is 3. The number of aliphatic hydroxyl groups excluding tert-OH is 2. The summed E-state index contributed by atoms with van der Waals surface area (Å²) in [6.45, 7) is 0.507. The van der Waals surface area contributed by atoms with Gasteiger partial charge < -0.3 is 45.1 Å². The first kappa shape index (κ1) is 31.3. The summed E-state index contributed by atoms with van der Waals surface area (Å²) in [5, 5.41) is 57.2. The Morgan fingerprint density at radius 3 is 2.49 bits per heavy atom. The average molecular weight is 711 g/mol. The van der Waals surface area contributed by atoms with Gasteiger partial charge in [0, 0.05) is 36.0 Å².